The van der Waals surface area contributed by atoms with Gasteiger partial charge in [0, 0.05) is 19.5 Å². The summed E-state index contributed by atoms with van der Waals surface area (Å²) in [5, 5.41) is 6.12. The van der Waals surface area contributed by atoms with Gasteiger partial charge in [-0.3, -0.25) is 14.4 Å². The molecule has 176 valence electrons. The maximum absolute atomic E-state index is 12.7. The molecule has 0 aromatic heterocycles. The summed E-state index contributed by atoms with van der Waals surface area (Å²) in [5.74, 6) is 2.57. The number of halogens is 1. The van der Waals surface area contributed by atoms with Gasteiger partial charge >= 0.3 is 5.97 Å². The van der Waals surface area contributed by atoms with E-state index in [1.807, 2.05) is 18.7 Å². The molecule has 2 amide bonds. The number of piperidine rings is 2. The summed E-state index contributed by atoms with van der Waals surface area (Å²) in [6.07, 6.45) is 10.7. The second kappa shape index (κ2) is 14.3. The Kier molecular flexibility index (Phi) is 12.6. The molecule has 0 bridgehead atoms. The topological polar surface area (TPSA) is 87.7 Å². The van der Waals surface area contributed by atoms with Crippen molar-refractivity contribution in [2.75, 3.05) is 32.8 Å². The Balaban J connectivity index is 0.00000480. The van der Waals surface area contributed by atoms with Gasteiger partial charge < -0.3 is 20.3 Å². The van der Waals surface area contributed by atoms with E-state index in [9.17, 15) is 14.4 Å². The van der Waals surface area contributed by atoms with E-state index < -0.39 is 12.0 Å². The number of terminal acetylenes is 1. The molecule has 0 aromatic rings. The van der Waals surface area contributed by atoms with Crippen molar-refractivity contribution in [2.24, 2.45) is 17.8 Å². The lowest BCUT2D eigenvalue weighted by atomic mass is 9.92. The molecule has 31 heavy (non-hydrogen) atoms. The smallest absolute Gasteiger partial charge is 0.308 e. The van der Waals surface area contributed by atoms with Crippen molar-refractivity contribution in [2.45, 2.75) is 64.8 Å². The summed E-state index contributed by atoms with van der Waals surface area (Å²) >= 11 is 0. The third kappa shape index (κ3) is 9.92. The maximum Gasteiger partial charge on any atom is 0.308 e. The first-order valence-electron chi connectivity index (χ1n) is 11.3. The van der Waals surface area contributed by atoms with Crippen LogP contribution in [0.4, 0.5) is 0 Å². The Morgan fingerprint density at radius 3 is 2.58 bits per heavy atom. The van der Waals surface area contributed by atoms with Crippen molar-refractivity contribution in [3.63, 3.8) is 0 Å². The maximum atomic E-state index is 12.7. The molecule has 2 heterocycles. The third-order valence-corrected chi connectivity index (χ3v) is 5.84. The first-order valence-corrected chi connectivity index (χ1v) is 11.3. The molecule has 0 spiro atoms. The average Bonchev–Trinajstić information content (AvgIpc) is 2.76. The average molecular weight is 456 g/mol. The Morgan fingerprint density at radius 2 is 1.94 bits per heavy atom. The van der Waals surface area contributed by atoms with E-state index in [0.717, 1.165) is 45.2 Å². The van der Waals surface area contributed by atoms with Crippen LogP contribution in [0.3, 0.4) is 0 Å². The number of nitrogens with zero attached hydrogens (tertiary/aromatic N) is 1. The van der Waals surface area contributed by atoms with Gasteiger partial charge in [-0.25, -0.2) is 0 Å². The third-order valence-electron chi connectivity index (χ3n) is 5.84. The van der Waals surface area contributed by atoms with E-state index in [0.29, 0.717) is 32.0 Å². The number of carbonyl (C=O) groups is 3. The summed E-state index contributed by atoms with van der Waals surface area (Å²) in [6, 6.07) is -0.692. The predicted molar refractivity (Wildman–Crippen MR) is 123 cm³/mol. The fraction of sp³-hybridized carbons (Fsp3) is 0.783. The lowest BCUT2D eigenvalue weighted by molar-refractivity contribution is -0.145. The minimum atomic E-state index is -0.692. The molecule has 0 saturated carbocycles. The van der Waals surface area contributed by atoms with Gasteiger partial charge in [-0.2, -0.15) is 0 Å². The lowest BCUT2D eigenvalue weighted by Gasteiger charge is -2.33. The van der Waals surface area contributed by atoms with Gasteiger partial charge in [0.2, 0.25) is 11.8 Å². The molecule has 2 aliphatic heterocycles. The van der Waals surface area contributed by atoms with Crippen LogP contribution in [0.1, 0.15) is 58.8 Å². The fourth-order valence-electron chi connectivity index (χ4n) is 4.00. The molecular formula is C23H38ClN3O4. The summed E-state index contributed by atoms with van der Waals surface area (Å²) in [5.41, 5.74) is 0. The summed E-state index contributed by atoms with van der Waals surface area (Å²) in [6.45, 7) is 7.44. The molecule has 2 N–H and O–H groups in total. The van der Waals surface area contributed by atoms with E-state index in [1.165, 1.54) is 0 Å². The van der Waals surface area contributed by atoms with E-state index in [-0.39, 0.29) is 42.5 Å². The quantitative estimate of drug-likeness (QED) is 0.411. The van der Waals surface area contributed by atoms with Crippen LogP contribution in [0.15, 0.2) is 0 Å². The van der Waals surface area contributed by atoms with E-state index in [4.69, 9.17) is 11.2 Å². The largest absolute Gasteiger partial charge is 0.465 e. The van der Waals surface area contributed by atoms with Crippen LogP contribution in [0.25, 0.3) is 0 Å². The van der Waals surface area contributed by atoms with Crippen LogP contribution in [0.5, 0.6) is 0 Å². The number of ether oxygens (including phenoxy) is 1. The minimum Gasteiger partial charge on any atom is -0.465 e. The van der Waals surface area contributed by atoms with Gasteiger partial charge in [0.25, 0.3) is 0 Å². The Hall–Kier alpha value is -1.78. The Labute approximate surface area is 192 Å². The molecule has 2 rings (SSSR count). The molecule has 2 aliphatic rings. The zero-order valence-corrected chi connectivity index (χ0v) is 19.7. The molecule has 2 fully saturated rings. The zero-order valence-electron chi connectivity index (χ0n) is 18.9. The standard InChI is InChI=1S/C23H37N3O4.ClH/c1-4-20(14-22(28)30-16-17(2)3)25-23(29)19-6-5-13-26(15-19)21(27)8-7-18-9-11-24-12-10-18;/h1,17-20,24H,5-16H2,2-3H3,(H,25,29);1H/t19-,20?;/m1./s1. The van der Waals surface area contributed by atoms with Crippen LogP contribution >= 0.6 is 12.4 Å². The normalized spacial score (nSPS) is 20.3. The monoisotopic (exact) mass is 455 g/mol. The van der Waals surface area contributed by atoms with Gasteiger partial charge in [-0.1, -0.05) is 19.8 Å². The summed E-state index contributed by atoms with van der Waals surface area (Å²) in [7, 11) is 0. The molecule has 1 unspecified atom stereocenters. The molecule has 0 radical (unpaired) electrons. The second-order valence-electron chi connectivity index (χ2n) is 8.92. The molecule has 8 heteroatoms. The van der Waals surface area contributed by atoms with Crippen molar-refractivity contribution < 1.29 is 19.1 Å². The highest BCUT2D eigenvalue weighted by Gasteiger charge is 2.30. The van der Waals surface area contributed by atoms with Crippen LogP contribution in [-0.2, 0) is 19.1 Å². The summed E-state index contributed by atoms with van der Waals surface area (Å²) < 4.78 is 5.15. The van der Waals surface area contributed by atoms with Crippen molar-refractivity contribution in [1.29, 1.82) is 0 Å². The Morgan fingerprint density at radius 1 is 1.23 bits per heavy atom. The number of amides is 2. The fourth-order valence-corrected chi connectivity index (χ4v) is 4.00. The van der Waals surface area contributed by atoms with Gasteiger partial charge in [0.1, 0.15) is 6.04 Å². The molecule has 2 atom stereocenters. The SMILES string of the molecule is C#CC(CC(=O)OCC(C)C)NC(=O)[C@@H]1CCCN(C(=O)CCC2CCNCC2)C1.Cl. The van der Waals surface area contributed by atoms with E-state index in [2.05, 4.69) is 16.6 Å². The van der Waals surface area contributed by atoms with Crippen LogP contribution in [-0.4, -0.2) is 61.5 Å². The number of nitrogens with one attached hydrogen (secondary N) is 2. The number of carbonyl (C=O) groups excluding carboxylic acids is 3. The van der Waals surface area contributed by atoms with Crippen molar-refractivity contribution in [1.82, 2.24) is 15.5 Å². The zero-order chi connectivity index (χ0) is 21.9. The number of rotatable bonds is 9. The molecule has 2 saturated heterocycles. The van der Waals surface area contributed by atoms with Gasteiger partial charge in [0.05, 0.1) is 18.9 Å². The molecular weight excluding hydrogens is 418 g/mol. The molecule has 0 aromatic carbocycles. The van der Waals surface area contributed by atoms with Gasteiger partial charge in [-0.05, 0) is 57.0 Å². The number of likely N-dealkylation sites (tertiary alicyclic amines) is 1. The van der Waals surface area contributed by atoms with Gasteiger partial charge in [0.15, 0.2) is 0 Å². The van der Waals surface area contributed by atoms with Crippen molar-refractivity contribution >= 4 is 30.2 Å². The predicted octanol–water partition coefficient (Wildman–Crippen LogP) is 2.13. The highest BCUT2D eigenvalue weighted by Crippen LogP contribution is 2.21. The second-order valence-corrected chi connectivity index (χ2v) is 8.92. The highest BCUT2D eigenvalue weighted by molar-refractivity contribution is 5.85. The summed E-state index contributed by atoms with van der Waals surface area (Å²) in [4.78, 5) is 39.0. The van der Waals surface area contributed by atoms with Crippen LogP contribution in [0, 0.1) is 30.1 Å². The van der Waals surface area contributed by atoms with Crippen molar-refractivity contribution in [3.05, 3.63) is 0 Å². The first-order chi connectivity index (χ1) is 14.4. The molecule has 0 aliphatic carbocycles. The van der Waals surface area contributed by atoms with Crippen LogP contribution in [0.2, 0.25) is 0 Å². The first kappa shape index (κ1) is 27.3. The highest BCUT2D eigenvalue weighted by atomic mass is 35.5. The number of hydrogen-bond acceptors (Lipinski definition) is 5. The molecule has 7 nitrogen and oxygen atoms in total. The minimum absolute atomic E-state index is 0. The van der Waals surface area contributed by atoms with E-state index >= 15 is 0 Å². The van der Waals surface area contributed by atoms with Crippen LogP contribution < -0.4 is 10.6 Å². The Bertz CT molecular complexity index is 629. The number of hydrogen-bond donors (Lipinski definition) is 2. The lowest BCUT2D eigenvalue weighted by Crippen LogP contribution is -2.47. The van der Waals surface area contributed by atoms with E-state index in [1.54, 1.807) is 0 Å². The van der Waals surface area contributed by atoms with Crippen molar-refractivity contribution in [3.8, 4) is 12.3 Å². The number of esters is 1. The van der Waals surface area contributed by atoms with Gasteiger partial charge in [-0.15, -0.1) is 18.8 Å².